The molecule has 2 rings (SSSR count). The number of halogens is 3. The summed E-state index contributed by atoms with van der Waals surface area (Å²) in [7, 11) is 0. The van der Waals surface area contributed by atoms with Gasteiger partial charge in [-0.1, -0.05) is 18.2 Å². The van der Waals surface area contributed by atoms with Gasteiger partial charge in [0, 0.05) is 19.5 Å². The summed E-state index contributed by atoms with van der Waals surface area (Å²) in [5.74, 6) is -0.130. The molecule has 1 heterocycles. The van der Waals surface area contributed by atoms with E-state index in [4.69, 9.17) is 10.5 Å². The third-order valence-electron chi connectivity index (χ3n) is 3.00. The van der Waals surface area contributed by atoms with E-state index in [1.165, 1.54) is 0 Å². The van der Waals surface area contributed by atoms with Gasteiger partial charge in [-0.05, 0) is 11.6 Å². The summed E-state index contributed by atoms with van der Waals surface area (Å²) >= 11 is 0. The summed E-state index contributed by atoms with van der Waals surface area (Å²) in [5.41, 5.74) is 6.09. The normalized spacial score (nSPS) is 17.5. The summed E-state index contributed by atoms with van der Waals surface area (Å²) in [6, 6.07) is 7.03. The molecule has 1 unspecified atom stereocenters. The van der Waals surface area contributed by atoms with E-state index in [0.717, 1.165) is 5.56 Å². The molecule has 1 aliphatic rings. The van der Waals surface area contributed by atoms with Gasteiger partial charge in [0.05, 0.1) is 0 Å². The Hall–Kier alpha value is -1.76. The van der Waals surface area contributed by atoms with Gasteiger partial charge in [-0.15, -0.1) is 0 Å². The number of carbonyl (C=O) groups is 1. The fourth-order valence-electron chi connectivity index (χ4n) is 2.16. The van der Waals surface area contributed by atoms with Crippen LogP contribution in [0.2, 0.25) is 0 Å². The van der Waals surface area contributed by atoms with Crippen molar-refractivity contribution in [2.45, 2.75) is 18.7 Å². The SMILES string of the molecule is NCCN(CC(F)(F)F)C(=O)C1Cc2ccccc2O1. The fourth-order valence-corrected chi connectivity index (χ4v) is 2.16. The number of benzene rings is 1. The van der Waals surface area contributed by atoms with Crippen LogP contribution in [0.5, 0.6) is 5.75 Å². The van der Waals surface area contributed by atoms with E-state index in [1.807, 2.05) is 0 Å². The van der Waals surface area contributed by atoms with Crippen LogP contribution in [0.15, 0.2) is 24.3 Å². The van der Waals surface area contributed by atoms with E-state index in [9.17, 15) is 18.0 Å². The van der Waals surface area contributed by atoms with Gasteiger partial charge >= 0.3 is 6.18 Å². The zero-order valence-corrected chi connectivity index (χ0v) is 10.7. The van der Waals surface area contributed by atoms with Crippen LogP contribution in [0.3, 0.4) is 0 Å². The van der Waals surface area contributed by atoms with E-state index in [2.05, 4.69) is 0 Å². The topological polar surface area (TPSA) is 55.6 Å². The number of rotatable bonds is 4. The van der Waals surface area contributed by atoms with Gasteiger partial charge in [0.25, 0.3) is 5.91 Å². The van der Waals surface area contributed by atoms with Crippen molar-refractivity contribution in [3.05, 3.63) is 29.8 Å². The molecule has 1 amide bonds. The molecule has 0 saturated heterocycles. The third-order valence-corrected chi connectivity index (χ3v) is 3.00. The number of hydrogen-bond donors (Lipinski definition) is 1. The minimum atomic E-state index is -4.45. The number of amides is 1. The Kier molecular flexibility index (Phi) is 4.17. The maximum absolute atomic E-state index is 12.5. The Morgan fingerprint density at radius 3 is 2.70 bits per heavy atom. The van der Waals surface area contributed by atoms with Gasteiger partial charge in [-0.2, -0.15) is 13.2 Å². The van der Waals surface area contributed by atoms with Crippen molar-refractivity contribution in [3.8, 4) is 5.75 Å². The minimum Gasteiger partial charge on any atom is -0.480 e. The number of nitrogens with two attached hydrogens (primary N) is 1. The smallest absolute Gasteiger partial charge is 0.406 e. The van der Waals surface area contributed by atoms with E-state index in [-0.39, 0.29) is 19.5 Å². The standard InChI is InChI=1S/C13H15F3N2O2/c14-13(15,16)8-18(6-5-17)12(19)11-7-9-3-1-2-4-10(9)20-11/h1-4,11H,5-8,17H2. The highest BCUT2D eigenvalue weighted by Gasteiger charge is 2.37. The largest absolute Gasteiger partial charge is 0.480 e. The van der Waals surface area contributed by atoms with Crippen molar-refractivity contribution in [2.75, 3.05) is 19.6 Å². The molecule has 1 aromatic carbocycles. The highest BCUT2D eigenvalue weighted by Crippen LogP contribution is 2.29. The number of hydrogen-bond acceptors (Lipinski definition) is 3. The first-order valence-electron chi connectivity index (χ1n) is 6.21. The lowest BCUT2D eigenvalue weighted by Crippen LogP contribution is -2.47. The van der Waals surface area contributed by atoms with Crippen LogP contribution in [0.25, 0.3) is 0 Å². The van der Waals surface area contributed by atoms with Crippen LogP contribution in [0.1, 0.15) is 5.56 Å². The summed E-state index contributed by atoms with van der Waals surface area (Å²) in [5, 5.41) is 0. The molecule has 4 nitrogen and oxygen atoms in total. The molecule has 0 radical (unpaired) electrons. The third kappa shape index (κ3) is 3.41. The van der Waals surface area contributed by atoms with Crippen LogP contribution in [0, 0.1) is 0 Å². The quantitative estimate of drug-likeness (QED) is 0.909. The monoisotopic (exact) mass is 288 g/mol. The molecule has 1 aromatic rings. The van der Waals surface area contributed by atoms with Gasteiger partial charge in [0.1, 0.15) is 12.3 Å². The first kappa shape index (κ1) is 14.6. The first-order valence-corrected chi connectivity index (χ1v) is 6.21. The average molecular weight is 288 g/mol. The van der Waals surface area contributed by atoms with Crippen molar-refractivity contribution in [2.24, 2.45) is 5.73 Å². The molecule has 7 heteroatoms. The Balaban J connectivity index is 2.06. The van der Waals surface area contributed by atoms with Crippen molar-refractivity contribution in [3.63, 3.8) is 0 Å². The number of nitrogens with zero attached hydrogens (tertiary/aromatic N) is 1. The second-order valence-corrected chi connectivity index (χ2v) is 4.58. The molecule has 0 aromatic heterocycles. The molecular weight excluding hydrogens is 273 g/mol. The number of para-hydroxylation sites is 1. The fraction of sp³-hybridized carbons (Fsp3) is 0.462. The van der Waals surface area contributed by atoms with Gasteiger partial charge in [-0.3, -0.25) is 4.79 Å². The molecule has 0 aliphatic carbocycles. The Labute approximate surface area is 114 Å². The van der Waals surface area contributed by atoms with Gasteiger partial charge in [0.15, 0.2) is 6.10 Å². The van der Waals surface area contributed by atoms with Crippen LogP contribution in [-0.4, -0.2) is 42.7 Å². The maximum atomic E-state index is 12.5. The van der Waals surface area contributed by atoms with E-state index in [0.29, 0.717) is 10.6 Å². The molecule has 1 atom stereocenters. The van der Waals surface area contributed by atoms with Crippen molar-refractivity contribution in [1.29, 1.82) is 0 Å². The summed E-state index contributed by atoms with van der Waals surface area (Å²) < 4.78 is 42.8. The lowest BCUT2D eigenvalue weighted by Gasteiger charge is -2.25. The molecule has 20 heavy (non-hydrogen) atoms. The molecule has 0 fully saturated rings. The maximum Gasteiger partial charge on any atom is 0.406 e. The molecule has 0 bridgehead atoms. The molecule has 2 N–H and O–H groups in total. The van der Waals surface area contributed by atoms with Crippen LogP contribution >= 0.6 is 0 Å². The van der Waals surface area contributed by atoms with E-state index < -0.39 is 24.7 Å². The van der Waals surface area contributed by atoms with Crippen molar-refractivity contribution in [1.82, 2.24) is 4.90 Å². The Morgan fingerprint density at radius 1 is 1.40 bits per heavy atom. The van der Waals surface area contributed by atoms with Crippen LogP contribution in [-0.2, 0) is 11.2 Å². The van der Waals surface area contributed by atoms with Gasteiger partial charge in [-0.25, -0.2) is 0 Å². The van der Waals surface area contributed by atoms with Gasteiger partial charge in [0.2, 0.25) is 0 Å². The molecule has 0 saturated carbocycles. The Bertz CT molecular complexity index is 466. The van der Waals surface area contributed by atoms with Crippen molar-refractivity contribution >= 4 is 5.91 Å². The first-order chi connectivity index (χ1) is 9.40. The second kappa shape index (κ2) is 5.70. The van der Waals surface area contributed by atoms with Gasteiger partial charge < -0.3 is 15.4 Å². The summed E-state index contributed by atoms with van der Waals surface area (Å²) in [6.07, 6.45) is -5.06. The lowest BCUT2D eigenvalue weighted by molar-refractivity contribution is -0.164. The number of alkyl halides is 3. The zero-order valence-electron chi connectivity index (χ0n) is 10.7. The molecule has 110 valence electrons. The predicted molar refractivity (Wildman–Crippen MR) is 66.3 cm³/mol. The number of fused-ring (bicyclic) bond motifs is 1. The summed E-state index contributed by atoms with van der Waals surface area (Å²) in [6.45, 7) is -1.48. The molecule has 1 aliphatic heterocycles. The Morgan fingerprint density at radius 2 is 2.10 bits per heavy atom. The highest BCUT2D eigenvalue weighted by atomic mass is 19.4. The van der Waals surface area contributed by atoms with Crippen LogP contribution in [0.4, 0.5) is 13.2 Å². The number of ether oxygens (including phenoxy) is 1. The number of carbonyl (C=O) groups excluding carboxylic acids is 1. The molecular formula is C13H15F3N2O2. The lowest BCUT2D eigenvalue weighted by atomic mass is 10.1. The molecule has 0 spiro atoms. The minimum absolute atomic E-state index is 0.0263. The highest BCUT2D eigenvalue weighted by molar-refractivity contribution is 5.82. The van der Waals surface area contributed by atoms with Crippen molar-refractivity contribution < 1.29 is 22.7 Å². The van der Waals surface area contributed by atoms with E-state index >= 15 is 0 Å². The summed E-state index contributed by atoms with van der Waals surface area (Å²) in [4.78, 5) is 12.8. The predicted octanol–water partition coefficient (Wildman–Crippen LogP) is 1.34. The second-order valence-electron chi connectivity index (χ2n) is 4.58. The van der Waals surface area contributed by atoms with Crippen LogP contribution < -0.4 is 10.5 Å². The van der Waals surface area contributed by atoms with E-state index in [1.54, 1.807) is 24.3 Å². The zero-order chi connectivity index (χ0) is 14.8. The average Bonchev–Trinajstić information content (AvgIpc) is 2.79.